The Morgan fingerprint density at radius 2 is 2.04 bits per heavy atom. The number of imidazole rings is 1. The van der Waals surface area contributed by atoms with Gasteiger partial charge < -0.3 is 10.4 Å². The number of aliphatic hydroxyl groups excluding tert-OH is 1. The quantitative estimate of drug-likeness (QED) is 0.726. The van der Waals surface area contributed by atoms with Crippen LogP contribution < -0.4 is 5.32 Å². The maximum atomic E-state index is 14.5. The Hall–Kier alpha value is -2.54. The fraction of sp³-hybridized carbons (Fsp3) is 0.200. The van der Waals surface area contributed by atoms with Crippen LogP contribution in [0.3, 0.4) is 0 Å². The van der Waals surface area contributed by atoms with Crippen molar-refractivity contribution in [1.82, 2.24) is 14.9 Å². The number of fused-ring (bicyclic) bond motifs is 3. The fourth-order valence-electron chi connectivity index (χ4n) is 3.43. The van der Waals surface area contributed by atoms with Gasteiger partial charge in [-0.2, -0.15) is 0 Å². The van der Waals surface area contributed by atoms with Crippen LogP contribution >= 0.6 is 11.6 Å². The number of nitrogens with zero attached hydrogens (tertiary/aromatic N) is 3. The molecule has 0 bridgehead atoms. The molecule has 0 atom stereocenters. The second kappa shape index (κ2) is 7.23. The van der Waals surface area contributed by atoms with E-state index in [-0.39, 0.29) is 19.0 Å². The van der Waals surface area contributed by atoms with Crippen LogP contribution in [0, 0.1) is 5.82 Å². The summed E-state index contributed by atoms with van der Waals surface area (Å²) in [7, 11) is 1.84. The van der Waals surface area contributed by atoms with Crippen LogP contribution in [0.15, 0.2) is 47.5 Å². The third-order valence-electron chi connectivity index (χ3n) is 4.58. The summed E-state index contributed by atoms with van der Waals surface area (Å²) >= 11 is 6.26. The van der Waals surface area contributed by atoms with Gasteiger partial charge in [0.2, 0.25) is 0 Å². The predicted octanol–water partition coefficient (Wildman–Crippen LogP) is 3.23. The first-order chi connectivity index (χ1) is 13.1. The van der Waals surface area contributed by atoms with Gasteiger partial charge in [0.05, 0.1) is 35.9 Å². The van der Waals surface area contributed by atoms with Crippen LogP contribution in [0.5, 0.6) is 0 Å². The van der Waals surface area contributed by atoms with E-state index in [1.54, 1.807) is 30.3 Å². The molecule has 0 saturated heterocycles. The summed E-state index contributed by atoms with van der Waals surface area (Å²) in [6.45, 7) is 0.635. The average molecular weight is 385 g/mol. The first-order valence-electron chi connectivity index (χ1n) is 8.58. The van der Waals surface area contributed by atoms with Gasteiger partial charge in [0.25, 0.3) is 0 Å². The van der Waals surface area contributed by atoms with Gasteiger partial charge in [-0.1, -0.05) is 23.7 Å². The first kappa shape index (κ1) is 17.9. The Labute approximate surface area is 161 Å². The van der Waals surface area contributed by atoms with Gasteiger partial charge in [0.1, 0.15) is 11.6 Å². The molecule has 2 N–H and O–H groups in total. The zero-order valence-corrected chi connectivity index (χ0v) is 15.5. The van der Waals surface area contributed by atoms with E-state index in [2.05, 4.69) is 15.3 Å². The molecule has 0 aliphatic carbocycles. The number of hydrogen-bond acceptors (Lipinski definition) is 4. The molecule has 0 amide bonds. The van der Waals surface area contributed by atoms with Gasteiger partial charge in [-0.05, 0) is 37.4 Å². The number of rotatable bonds is 4. The molecule has 0 spiro atoms. The van der Waals surface area contributed by atoms with E-state index in [4.69, 9.17) is 11.6 Å². The molecule has 27 heavy (non-hydrogen) atoms. The van der Waals surface area contributed by atoms with Crippen LogP contribution in [-0.4, -0.2) is 27.4 Å². The third kappa shape index (κ3) is 3.06. The third-order valence-corrected chi connectivity index (χ3v) is 4.82. The van der Waals surface area contributed by atoms with Gasteiger partial charge in [-0.25, -0.2) is 9.37 Å². The maximum Gasteiger partial charge on any atom is 0.135 e. The molecule has 0 radical (unpaired) electrons. The molecule has 0 unspecified atom stereocenters. The number of hydrogen-bond donors (Lipinski definition) is 2. The summed E-state index contributed by atoms with van der Waals surface area (Å²) in [6, 6.07) is 12.0. The standard InChI is InChI=1S/C20H18ClFN4O/c1-23-9-18-16(11-27)25-19-10-24-20(13-4-2-3-5-15(13)22)14-8-12(21)6-7-17(14)26(18)19/h2-8,23,27H,9-11H2,1H3. The van der Waals surface area contributed by atoms with Gasteiger partial charge >= 0.3 is 0 Å². The van der Waals surface area contributed by atoms with E-state index in [1.165, 1.54) is 6.07 Å². The highest BCUT2D eigenvalue weighted by molar-refractivity contribution is 6.31. The van der Waals surface area contributed by atoms with E-state index in [1.807, 2.05) is 17.7 Å². The summed E-state index contributed by atoms with van der Waals surface area (Å²) in [4.78, 5) is 9.22. The van der Waals surface area contributed by atoms with E-state index < -0.39 is 0 Å². The minimum Gasteiger partial charge on any atom is -0.390 e. The maximum absolute atomic E-state index is 14.5. The highest BCUT2D eigenvalue weighted by Crippen LogP contribution is 2.30. The molecule has 1 aliphatic rings. The van der Waals surface area contributed by atoms with Crippen molar-refractivity contribution in [3.05, 3.63) is 81.6 Å². The lowest BCUT2D eigenvalue weighted by Gasteiger charge is -2.15. The highest BCUT2D eigenvalue weighted by atomic mass is 35.5. The lowest BCUT2D eigenvalue weighted by atomic mass is 10.00. The zero-order chi connectivity index (χ0) is 19.0. The summed E-state index contributed by atoms with van der Waals surface area (Å²) in [5.74, 6) is 0.354. The second-order valence-corrected chi connectivity index (χ2v) is 6.69. The summed E-state index contributed by atoms with van der Waals surface area (Å²) < 4.78 is 16.5. The molecule has 7 heteroatoms. The number of nitrogens with one attached hydrogen (secondary N) is 1. The van der Waals surface area contributed by atoms with Crippen LogP contribution in [-0.2, 0) is 19.7 Å². The number of halogens is 2. The van der Waals surface area contributed by atoms with Crippen molar-refractivity contribution in [3.63, 3.8) is 0 Å². The largest absolute Gasteiger partial charge is 0.390 e. The fourth-order valence-corrected chi connectivity index (χ4v) is 3.60. The van der Waals surface area contributed by atoms with Gasteiger partial charge in [0.15, 0.2) is 0 Å². The van der Waals surface area contributed by atoms with Gasteiger partial charge in [-0.3, -0.25) is 9.56 Å². The Balaban J connectivity index is 2.00. The minimum absolute atomic E-state index is 0.163. The molecule has 3 aromatic rings. The van der Waals surface area contributed by atoms with Gasteiger partial charge in [0, 0.05) is 22.7 Å². The lowest BCUT2D eigenvalue weighted by molar-refractivity contribution is 0.275. The molecule has 4 rings (SSSR count). The number of aliphatic imine (C=N–C) groups is 1. The topological polar surface area (TPSA) is 62.4 Å². The van der Waals surface area contributed by atoms with Crippen molar-refractivity contribution in [2.24, 2.45) is 4.99 Å². The van der Waals surface area contributed by atoms with Crippen molar-refractivity contribution in [1.29, 1.82) is 0 Å². The smallest absolute Gasteiger partial charge is 0.135 e. The monoisotopic (exact) mass is 384 g/mol. The number of aromatic nitrogens is 2. The van der Waals surface area contributed by atoms with E-state index >= 15 is 0 Å². The van der Waals surface area contributed by atoms with Crippen molar-refractivity contribution in [2.45, 2.75) is 19.7 Å². The van der Waals surface area contributed by atoms with Crippen LogP contribution in [0.4, 0.5) is 4.39 Å². The van der Waals surface area contributed by atoms with Crippen LogP contribution in [0.25, 0.3) is 5.69 Å². The van der Waals surface area contributed by atoms with E-state index in [9.17, 15) is 9.50 Å². The SMILES string of the molecule is CNCc1c(CO)nc2n1-c1ccc(Cl)cc1C(c1ccccc1F)=NC2. The number of aliphatic hydroxyl groups is 1. The Morgan fingerprint density at radius 3 is 2.78 bits per heavy atom. The Kier molecular flexibility index (Phi) is 4.78. The highest BCUT2D eigenvalue weighted by Gasteiger charge is 2.25. The van der Waals surface area contributed by atoms with E-state index in [0.717, 1.165) is 16.9 Å². The lowest BCUT2D eigenvalue weighted by Crippen LogP contribution is -2.15. The molecule has 1 aliphatic heterocycles. The van der Waals surface area contributed by atoms with Crippen molar-refractivity contribution < 1.29 is 9.50 Å². The molecule has 5 nitrogen and oxygen atoms in total. The molecular weight excluding hydrogens is 367 g/mol. The number of benzene rings is 2. The molecule has 0 fully saturated rings. The average Bonchev–Trinajstić information content (AvgIpc) is 2.93. The predicted molar refractivity (Wildman–Crippen MR) is 103 cm³/mol. The molecule has 0 saturated carbocycles. The summed E-state index contributed by atoms with van der Waals surface area (Å²) in [5, 5.41) is 13.4. The summed E-state index contributed by atoms with van der Waals surface area (Å²) in [6.07, 6.45) is 0. The molecule has 138 valence electrons. The summed E-state index contributed by atoms with van der Waals surface area (Å²) in [5.41, 5.74) is 3.95. The molecular formula is C20H18ClFN4O. The van der Waals surface area contributed by atoms with Crippen molar-refractivity contribution in [3.8, 4) is 5.69 Å². The van der Waals surface area contributed by atoms with Crippen LogP contribution in [0.1, 0.15) is 28.3 Å². The molecule has 2 aromatic carbocycles. The van der Waals surface area contributed by atoms with Crippen molar-refractivity contribution in [2.75, 3.05) is 7.05 Å². The molecule has 1 aromatic heterocycles. The Morgan fingerprint density at radius 1 is 1.22 bits per heavy atom. The van der Waals surface area contributed by atoms with E-state index in [0.29, 0.717) is 34.4 Å². The minimum atomic E-state index is -0.340. The zero-order valence-electron chi connectivity index (χ0n) is 14.7. The normalized spacial score (nSPS) is 13.0. The second-order valence-electron chi connectivity index (χ2n) is 6.25. The van der Waals surface area contributed by atoms with Crippen LogP contribution in [0.2, 0.25) is 5.02 Å². The van der Waals surface area contributed by atoms with Crippen molar-refractivity contribution >= 4 is 17.3 Å². The first-order valence-corrected chi connectivity index (χ1v) is 8.96. The van der Waals surface area contributed by atoms with Gasteiger partial charge in [-0.15, -0.1) is 0 Å². The Bertz CT molecular complexity index is 1040. The molecule has 2 heterocycles.